The second kappa shape index (κ2) is 5.95. The van der Waals surface area contributed by atoms with E-state index in [1.54, 1.807) is 6.92 Å². The molecule has 17 heavy (non-hydrogen) atoms. The van der Waals surface area contributed by atoms with Crippen molar-refractivity contribution < 1.29 is 24.2 Å². The Labute approximate surface area is 99.3 Å². The van der Waals surface area contributed by atoms with Crippen molar-refractivity contribution in [3.05, 3.63) is 0 Å². The summed E-state index contributed by atoms with van der Waals surface area (Å²) in [4.78, 5) is 22.0. The molecule has 1 aliphatic rings. The van der Waals surface area contributed by atoms with Gasteiger partial charge in [0.2, 0.25) is 5.91 Å². The molecule has 1 saturated heterocycles. The van der Waals surface area contributed by atoms with E-state index in [1.165, 1.54) is 0 Å². The summed E-state index contributed by atoms with van der Waals surface area (Å²) in [6.45, 7) is 2.47. The highest BCUT2D eigenvalue weighted by Gasteiger charge is 2.44. The SMILES string of the molecule is CC1(C(=O)NCCOCC(=O)O)COCC1N. The fourth-order valence-corrected chi connectivity index (χ4v) is 1.52. The van der Waals surface area contributed by atoms with E-state index in [-0.39, 0.29) is 31.7 Å². The summed E-state index contributed by atoms with van der Waals surface area (Å²) in [7, 11) is 0. The van der Waals surface area contributed by atoms with Gasteiger partial charge in [-0.15, -0.1) is 0 Å². The minimum atomic E-state index is -1.03. The lowest BCUT2D eigenvalue weighted by Gasteiger charge is -2.25. The standard InChI is InChI=1S/C10H18N2O5/c1-10(6-17-4-7(10)11)9(15)12-2-3-16-5-8(13)14/h7H,2-6,11H2,1H3,(H,12,15)(H,13,14). The molecule has 0 aromatic rings. The molecule has 0 radical (unpaired) electrons. The van der Waals surface area contributed by atoms with Crippen LogP contribution in [0.5, 0.6) is 0 Å². The zero-order valence-corrected chi connectivity index (χ0v) is 9.77. The molecule has 1 fully saturated rings. The second-order valence-corrected chi connectivity index (χ2v) is 4.24. The van der Waals surface area contributed by atoms with Crippen LogP contribution in [0.15, 0.2) is 0 Å². The summed E-state index contributed by atoms with van der Waals surface area (Å²) < 4.78 is 9.95. The summed E-state index contributed by atoms with van der Waals surface area (Å²) in [6.07, 6.45) is 0. The zero-order valence-electron chi connectivity index (χ0n) is 9.77. The van der Waals surface area contributed by atoms with Crippen LogP contribution in [0.1, 0.15) is 6.92 Å². The van der Waals surface area contributed by atoms with Gasteiger partial charge in [-0.2, -0.15) is 0 Å². The molecule has 1 heterocycles. The van der Waals surface area contributed by atoms with Gasteiger partial charge in [0.1, 0.15) is 6.61 Å². The van der Waals surface area contributed by atoms with Gasteiger partial charge in [-0.05, 0) is 6.92 Å². The summed E-state index contributed by atoms with van der Waals surface area (Å²) in [5.74, 6) is -1.23. The maximum atomic E-state index is 11.8. The molecular weight excluding hydrogens is 228 g/mol. The van der Waals surface area contributed by atoms with Gasteiger partial charge in [-0.3, -0.25) is 4.79 Å². The van der Waals surface area contributed by atoms with E-state index in [0.717, 1.165) is 0 Å². The number of carboxylic acid groups (broad SMARTS) is 1. The number of carbonyl (C=O) groups excluding carboxylic acids is 1. The van der Waals surface area contributed by atoms with Crippen molar-refractivity contribution in [3.8, 4) is 0 Å². The quantitative estimate of drug-likeness (QED) is 0.495. The Morgan fingerprint density at radius 2 is 2.35 bits per heavy atom. The number of amides is 1. The van der Waals surface area contributed by atoms with Gasteiger partial charge < -0.3 is 25.6 Å². The molecule has 1 rings (SSSR count). The molecule has 2 unspecified atom stereocenters. The maximum absolute atomic E-state index is 11.8. The van der Waals surface area contributed by atoms with Gasteiger partial charge in [0, 0.05) is 12.6 Å². The largest absolute Gasteiger partial charge is 0.480 e. The molecule has 7 nitrogen and oxygen atoms in total. The first-order chi connectivity index (χ1) is 7.97. The highest BCUT2D eigenvalue weighted by molar-refractivity contribution is 5.83. The van der Waals surface area contributed by atoms with E-state index in [0.29, 0.717) is 13.2 Å². The number of carbonyl (C=O) groups is 2. The second-order valence-electron chi connectivity index (χ2n) is 4.24. The zero-order chi connectivity index (χ0) is 12.9. The third-order valence-electron chi connectivity index (χ3n) is 2.79. The Hall–Kier alpha value is -1.18. The van der Waals surface area contributed by atoms with Crippen LogP contribution in [0.25, 0.3) is 0 Å². The Morgan fingerprint density at radius 1 is 1.65 bits per heavy atom. The third kappa shape index (κ3) is 3.65. The van der Waals surface area contributed by atoms with Gasteiger partial charge >= 0.3 is 5.97 Å². The molecule has 1 aliphatic heterocycles. The minimum Gasteiger partial charge on any atom is -0.480 e. The van der Waals surface area contributed by atoms with Gasteiger partial charge in [0.15, 0.2) is 0 Å². The van der Waals surface area contributed by atoms with Crippen LogP contribution in [0.2, 0.25) is 0 Å². The molecule has 7 heteroatoms. The highest BCUT2D eigenvalue weighted by atomic mass is 16.5. The first-order valence-electron chi connectivity index (χ1n) is 5.38. The Morgan fingerprint density at radius 3 is 2.88 bits per heavy atom. The van der Waals surface area contributed by atoms with Crippen molar-refractivity contribution in [3.63, 3.8) is 0 Å². The summed E-state index contributed by atoms with van der Waals surface area (Å²) in [6, 6.07) is -0.317. The van der Waals surface area contributed by atoms with Crippen LogP contribution in [0, 0.1) is 5.41 Å². The average Bonchev–Trinajstić information content (AvgIpc) is 2.59. The van der Waals surface area contributed by atoms with Crippen molar-refractivity contribution in [2.24, 2.45) is 11.1 Å². The lowest BCUT2D eigenvalue weighted by Crippen LogP contribution is -2.50. The Kier molecular flexibility index (Phi) is 4.86. The maximum Gasteiger partial charge on any atom is 0.329 e. The third-order valence-corrected chi connectivity index (χ3v) is 2.79. The fraction of sp³-hybridized carbons (Fsp3) is 0.800. The molecule has 0 saturated carbocycles. The summed E-state index contributed by atoms with van der Waals surface area (Å²) in [5.41, 5.74) is 5.07. The molecule has 1 amide bonds. The van der Waals surface area contributed by atoms with E-state index >= 15 is 0 Å². The predicted octanol–water partition coefficient (Wildman–Crippen LogP) is -1.43. The van der Waals surface area contributed by atoms with Crippen molar-refractivity contribution >= 4 is 11.9 Å². The minimum absolute atomic E-state index is 0.157. The molecule has 0 aliphatic carbocycles. The molecule has 0 aromatic heterocycles. The molecule has 0 aromatic carbocycles. The number of nitrogens with one attached hydrogen (secondary N) is 1. The normalized spacial score (nSPS) is 28.0. The van der Waals surface area contributed by atoms with Gasteiger partial charge in [0.25, 0.3) is 0 Å². The first kappa shape index (κ1) is 13.9. The summed E-state index contributed by atoms with van der Waals surface area (Å²) in [5, 5.41) is 11.0. The van der Waals surface area contributed by atoms with Gasteiger partial charge in [-0.1, -0.05) is 0 Å². The lowest BCUT2D eigenvalue weighted by molar-refractivity contribution is -0.142. The van der Waals surface area contributed by atoms with Crippen LogP contribution in [-0.2, 0) is 19.1 Å². The monoisotopic (exact) mass is 246 g/mol. The van der Waals surface area contributed by atoms with E-state index < -0.39 is 11.4 Å². The smallest absolute Gasteiger partial charge is 0.329 e. The summed E-state index contributed by atoms with van der Waals surface area (Å²) >= 11 is 0. The number of carboxylic acids is 1. The van der Waals surface area contributed by atoms with Crippen molar-refractivity contribution in [1.82, 2.24) is 5.32 Å². The molecule has 0 spiro atoms. The van der Waals surface area contributed by atoms with Gasteiger partial charge in [0.05, 0.1) is 25.2 Å². The van der Waals surface area contributed by atoms with Crippen LogP contribution in [-0.4, -0.2) is 56.0 Å². The average molecular weight is 246 g/mol. The van der Waals surface area contributed by atoms with Crippen LogP contribution < -0.4 is 11.1 Å². The fourth-order valence-electron chi connectivity index (χ4n) is 1.52. The lowest BCUT2D eigenvalue weighted by atomic mass is 9.85. The number of aliphatic carboxylic acids is 1. The molecule has 2 atom stereocenters. The van der Waals surface area contributed by atoms with Crippen LogP contribution in [0.4, 0.5) is 0 Å². The van der Waals surface area contributed by atoms with Crippen molar-refractivity contribution in [2.75, 3.05) is 33.0 Å². The number of rotatable bonds is 6. The number of nitrogens with two attached hydrogens (primary N) is 1. The molecular formula is C10H18N2O5. The number of hydrogen-bond acceptors (Lipinski definition) is 5. The molecule has 0 bridgehead atoms. The van der Waals surface area contributed by atoms with Crippen LogP contribution in [0.3, 0.4) is 0 Å². The molecule has 98 valence electrons. The van der Waals surface area contributed by atoms with E-state index in [9.17, 15) is 9.59 Å². The first-order valence-corrected chi connectivity index (χ1v) is 5.38. The van der Waals surface area contributed by atoms with Crippen molar-refractivity contribution in [1.29, 1.82) is 0 Å². The van der Waals surface area contributed by atoms with E-state index in [2.05, 4.69) is 5.32 Å². The highest BCUT2D eigenvalue weighted by Crippen LogP contribution is 2.26. The van der Waals surface area contributed by atoms with E-state index in [1.807, 2.05) is 0 Å². The van der Waals surface area contributed by atoms with Crippen molar-refractivity contribution in [2.45, 2.75) is 13.0 Å². The topological polar surface area (TPSA) is 111 Å². The number of hydrogen-bond donors (Lipinski definition) is 3. The van der Waals surface area contributed by atoms with Gasteiger partial charge in [-0.25, -0.2) is 4.79 Å². The number of ether oxygens (including phenoxy) is 2. The molecule has 4 N–H and O–H groups in total. The Bertz CT molecular complexity index is 296. The Balaban J connectivity index is 2.23. The van der Waals surface area contributed by atoms with Crippen LogP contribution >= 0.6 is 0 Å². The van der Waals surface area contributed by atoms with E-state index in [4.69, 9.17) is 20.3 Å². The predicted molar refractivity (Wildman–Crippen MR) is 58.4 cm³/mol.